The highest BCUT2D eigenvalue weighted by atomic mass is 32.2. The minimum Gasteiger partial charge on any atom is -0.495 e. The van der Waals surface area contributed by atoms with E-state index < -0.39 is 39.0 Å². The number of para-hydroxylation sites is 1. The molecule has 0 heterocycles. The molecule has 0 fully saturated rings. The highest BCUT2D eigenvalue weighted by Gasteiger charge is 2.34. The lowest BCUT2D eigenvalue weighted by Crippen LogP contribution is -2.21. The fraction of sp³-hybridized carbons (Fsp3) is 0.222. The summed E-state index contributed by atoms with van der Waals surface area (Å²) in [5.41, 5.74) is -1.00. The molecule has 2 rings (SSSR count). The maximum Gasteiger partial charge on any atom is 0.573 e. The van der Waals surface area contributed by atoms with Crippen molar-refractivity contribution >= 4 is 27.6 Å². The van der Waals surface area contributed by atoms with Crippen molar-refractivity contribution in [1.29, 1.82) is 0 Å². The Morgan fingerprint density at radius 1 is 0.903 bits per heavy atom. The predicted molar refractivity (Wildman–Crippen MR) is 99.6 cm³/mol. The Hall–Kier alpha value is -3.48. The third-order valence-corrected chi connectivity index (χ3v) is 5.16. The van der Waals surface area contributed by atoms with Crippen LogP contribution in [0.2, 0.25) is 0 Å². The van der Waals surface area contributed by atoms with Crippen molar-refractivity contribution in [2.75, 3.05) is 26.1 Å². The fourth-order valence-corrected chi connectivity index (χ4v) is 3.66. The normalized spacial score (nSPS) is 11.4. The van der Waals surface area contributed by atoms with Gasteiger partial charge in [-0.1, -0.05) is 12.1 Å². The van der Waals surface area contributed by atoms with Crippen LogP contribution in [0.25, 0.3) is 0 Å². The molecule has 0 amide bonds. The van der Waals surface area contributed by atoms with Crippen molar-refractivity contribution in [3.05, 3.63) is 47.5 Å². The van der Waals surface area contributed by atoms with Gasteiger partial charge in [-0.25, -0.2) is 18.0 Å². The zero-order valence-corrected chi connectivity index (χ0v) is 17.1. The summed E-state index contributed by atoms with van der Waals surface area (Å²) in [5, 5.41) is 0. The van der Waals surface area contributed by atoms with Crippen LogP contribution >= 0.6 is 0 Å². The smallest absolute Gasteiger partial charge is 0.495 e. The molecule has 0 aliphatic heterocycles. The zero-order valence-electron chi connectivity index (χ0n) is 16.3. The first kappa shape index (κ1) is 23.8. The van der Waals surface area contributed by atoms with Gasteiger partial charge in [0.15, 0.2) is 0 Å². The Morgan fingerprint density at radius 2 is 1.45 bits per heavy atom. The Bertz CT molecular complexity index is 1100. The number of anilines is 1. The molecule has 0 aromatic heterocycles. The van der Waals surface area contributed by atoms with Crippen LogP contribution in [0.1, 0.15) is 20.7 Å². The number of benzene rings is 2. The molecule has 0 bridgehead atoms. The summed E-state index contributed by atoms with van der Waals surface area (Å²) < 4.78 is 83.5. The molecule has 31 heavy (non-hydrogen) atoms. The maximum atomic E-state index is 12.8. The minimum atomic E-state index is -5.14. The van der Waals surface area contributed by atoms with Gasteiger partial charge in [-0.3, -0.25) is 4.72 Å². The van der Waals surface area contributed by atoms with Crippen molar-refractivity contribution in [3.63, 3.8) is 0 Å². The number of hydrogen-bond donors (Lipinski definition) is 1. The molecule has 2 aromatic carbocycles. The van der Waals surface area contributed by atoms with Crippen LogP contribution in [-0.2, 0) is 19.5 Å². The van der Waals surface area contributed by atoms with Gasteiger partial charge in [0, 0.05) is 0 Å². The number of methoxy groups -OCH3 is 3. The van der Waals surface area contributed by atoms with E-state index in [0.29, 0.717) is 0 Å². The summed E-state index contributed by atoms with van der Waals surface area (Å²) in [6, 6.07) is 6.01. The van der Waals surface area contributed by atoms with E-state index in [4.69, 9.17) is 4.74 Å². The molecule has 9 nitrogen and oxygen atoms in total. The second-order valence-corrected chi connectivity index (χ2v) is 7.33. The summed E-state index contributed by atoms with van der Waals surface area (Å²) in [6.07, 6.45) is -5.14. The molecule has 168 valence electrons. The number of nitrogens with one attached hydrogen (secondary N) is 1. The van der Waals surface area contributed by atoms with Crippen LogP contribution in [-0.4, -0.2) is 48.0 Å². The number of ether oxygens (including phenoxy) is 4. The SMILES string of the molecule is COC(=O)c1cc(NS(=O)(=O)c2ccccc2OC(F)(F)F)c(OC)cc1C(=O)OC. The third-order valence-electron chi connectivity index (χ3n) is 3.76. The summed E-state index contributed by atoms with van der Waals surface area (Å²) >= 11 is 0. The van der Waals surface area contributed by atoms with E-state index in [1.807, 2.05) is 4.72 Å². The third kappa shape index (κ3) is 5.57. The number of hydrogen-bond acceptors (Lipinski definition) is 8. The topological polar surface area (TPSA) is 117 Å². The number of carbonyl (C=O) groups is 2. The molecule has 0 unspecified atom stereocenters. The van der Waals surface area contributed by atoms with E-state index in [-0.39, 0.29) is 22.6 Å². The Balaban J connectivity index is 2.60. The molecule has 0 spiro atoms. The second-order valence-electron chi connectivity index (χ2n) is 5.68. The van der Waals surface area contributed by atoms with Gasteiger partial charge in [-0.05, 0) is 24.3 Å². The molecule has 2 aromatic rings. The van der Waals surface area contributed by atoms with Gasteiger partial charge in [0.05, 0.1) is 38.1 Å². The van der Waals surface area contributed by atoms with Gasteiger partial charge in [-0.2, -0.15) is 0 Å². The van der Waals surface area contributed by atoms with E-state index in [0.717, 1.165) is 51.7 Å². The first-order valence-corrected chi connectivity index (χ1v) is 9.68. The first-order chi connectivity index (χ1) is 14.4. The van der Waals surface area contributed by atoms with Gasteiger partial charge in [-0.15, -0.1) is 13.2 Å². The molecule has 0 aliphatic carbocycles. The van der Waals surface area contributed by atoms with E-state index >= 15 is 0 Å². The summed E-state index contributed by atoms with van der Waals surface area (Å²) in [7, 11) is -1.42. The van der Waals surface area contributed by atoms with Crippen LogP contribution in [0.5, 0.6) is 11.5 Å². The first-order valence-electron chi connectivity index (χ1n) is 8.19. The Labute approximate surface area is 174 Å². The molecule has 1 N–H and O–H groups in total. The lowest BCUT2D eigenvalue weighted by Gasteiger charge is -2.17. The number of rotatable bonds is 7. The fourth-order valence-electron chi connectivity index (χ4n) is 2.47. The van der Waals surface area contributed by atoms with Gasteiger partial charge >= 0.3 is 18.3 Å². The minimum absolute atomic E-state index is 0.217. The van der Waals surface area contributed by atoms with E-state index in [1.165, 1.54) is 6.07 Å². The highest BCUT2D eigenvalue weighted by molar-refractivity contribution is 7.92. The van der Waals surface area contributed by atoms with Gasteiger partial charge < -0.3 is 18.9 Å². The van der Waals surface area contributed by atoms with Crippen molar-refractivity contribution in [2.45, 2.75) is 11.3 Å². The average molecular weight is 463 g/mol. The van der Waals surface area contributed by atoms with Crippen LogP contribution in [0.3, 0.4) is 0 Å². The van der Waals surface area contributed by atoms with Crippen LogP contribution in [0.4, 0.5) is 18.9 Å². The van der Waals surface area contributed by atoms with Crippen molar-refractivity contribution in [2.24, 2.45) is 0 Å². The van der Waals surface area contributed by atoms with Gasteiger partial charge in [0.1, 0.15) is 16.4 Å². The molecular formula is C18H16F3NO8S. The summed E-state index contributed by atoms with van der Waals surface area (Å²) in [6.45, 7) is 0. The van der Waals surface area contributed by atoms with Crippen molar-refractivity contribution < 1.29 is 50.1 Å². The molecular weight excluding hydrogens is 447 g/mol. The zero-order chi connectivity index (χ0) is 23.4. The second kappa shape index (κ2) is 9.12. The average Bonchev–Trinajstić information content (AvgIpc) is 2.71. The Morgan fingerprint density at radius 3 is 1.97 bits per heavy atom. The monoisotopic (exact) mass is 463 g/mol. The largest absolute Gasteiger partial charge is 0.573 e. The number of esters is 2. The molecule has 0 saturated heterocycles. The predicted octanol–water partition coefficient (Wildman–Crippen LogP) is 2.97. The van der Waals surface area contributed by atoms with Crippen LogP contribution in [0.15, 0.2) is 41.3 Å². The lowest BCUT2D eigenvalue weighted by atomic mass is 10.1. The molecule has 0 aliphatic rings. The van der Waals surface area contributed by atoms with E-state index in [9.17, 15) is 31.2 Å². The van der Waals surface area contributed by atoms with Gasteiger partial charge in [0.25, 0.3) is 10.0 Å². The Kier molecular flexibility index (Phi) is 7.00. The quantitative estimate of drug-likeness (QED) is 0.623. The highest BCUT2D eigenvalue weighted by Crippen LogP contribution is 2.34. The van der Waals surface area contributed by atoms with Crippen LogP contribution in [0, 0.1) is 0 Å². The van der Waals surface area contributed by atoms with E-state index in [2.05, 4.69) is 14.2 Å². The molecule has 0 atom stereocenters. The maximum absolute atomic E-state index is 12.8. The van der Waals surface area contributed by atoms with Crippen LogP contribution < -0.4 is 14.2 Å². The number of halogens is 3. The molecule has 0 radical (unpaired) electrons. The van der Waals surface area contributed by atoms with Gasteiger partial charge in [0.2, 0.25) is 0 Å². The molecule has 13 heteroatoms. The number of carbonyl (C=O) groups excluding carboxylic acids is 2. The van der Waals surface area contributed by atoms with Crippen molar-refractivity contribution in [1.82, 2.24) is 0 Å². The summed E-state index contributed by atoms with van der Waals surface area (Å²) in [5.74, 6) is -3.12. The number of sulfonamides is 1. The molecule has 0 saturated carbocycles. The van der Waals surface area contributed by atoms with Crippen molar-refractivity contribution in [3.8, 4) is 11.5 Å². The van der Waals surface area contributed by atoms with E-state index in [1.54, 1.807) is 0 Å². The summed E-state index contributed by atoms with van der Waals surface area (Å²) in [4.78, 5) is 23.2. The number of alkyl halides is 3. The standard InChI is InChI=1S/C18H16F3NO8S/c1-27-14-9-11(17(24)29-3)10(16(23)28-2)8-12(14)22-31(25,26)15-7-5-4-6-13(15)30-18(19,20)21/h4-9,22H,1-3H3. The lowest BCUT2D eigenvalue weighted by molar-refractivity contribution is -0.275.